The molecule has 1 amide bonds. The number of carbonyl (C=O) groups excluding carboxylic acids is 1. The van der Waals surface area contributed by atoms with E-state index in [2.05, 4.69) is 21.4 Å². The van der Waals surface area contributed by atoms with E-state index < -0.39 is 0 Å². The highest BCUT2D eigenvalue weighted by atomic mass is 35.5. The number of nitrogens with one attached hydrogen (secondary N) is 3. The van der Waals surface area contributed by atoms with Crippen molar-refractivity contribution in [2.45, 2.75) is 18.5 Å². The van der Waals surface area contributed by atoms with Crippen LogP contribution in [0.1, 0.15) is 23.6 Å². The van der Waals surface area contributed by atoms with Crippen molar-refractivity contribution in [3.05, 3.63) is 70.7 Å². The van der Waals surface area contributed by atoms with Crippen LogP contribution in [0.3, 0.4) is 0 Å². The molecule has 1 fully saturated rings. The summed E-state index contributed by atoms with van der Waals surface area (Å²) in [5.41, 5.74) is 10.6. The number of halogens is 1. The van der Waals surface area contributed by atoms with E-state index in [1.807, 2.05) is 54.6 Å². The van der Waals surface area contributed by atoms with Crippen molar-refractivity contribution in [1.29, 1.82) is 0 Å². The number of hydrazine groups is 1. The van der Waals surface area contributed by atoms with E-state index >= 15 is 0 Å². The summed E-state index contributed by atoms with van der Waals surface area (Å²) in [5, 5.41) is 4.67. The Bertz CT molecular complexity index is 705. The fourth-order valence-corrected chi connectivity index (χ4v) is 2.74. The second-order valence-corrected chi connectivity index (χ2v) is 5.70. The van der Waals surface area contributed by atoms with E-state index in [1.54, 1.807) is 6.21 Å². The van der Waals surface area contributed by atoms with Crippen molar-refractivity contribution in [1.82, 2.24) is 16.3 Å². The Labute approximate surface area is 139 Å². The van der Waals surface area contributed by atoms with Gasteiger partial charge in [0.2, 0.25) is 0 Å². The molecule has 23 heavy (non-hydrogen) atoms. The molecule has 2 unspecified atom stereocenters. The zero-order chi connectivity index (χ0) is 16.1. The number of rotatable bonds is 4. The molecule has 5 nitrogen and oxygen atoms in total. The first kappa shape index (κ1) is 15.7. The Kier molecular flexibility index (Phi) is 5.02. The van der Waals surface area contributed by atoms with E-state index in [1.165, 1.54) is 0 Å². The third-order valence-corrected chi connectivity index (χ3v) is 4.03. The summed E-state index contributed by atoms with van der Waals surface area (Å²) in [6.45, 7) is 0. The van der Waals surface area contributed by atoms with Gasteiger partial charge in [0, 0.05) is 11.1 Å². The number of hydrazone groups is 1. The number of carbonyl (C=O) groups is 1. The number of hydrogen-bond donors (Lipinski definition) is 3. The van der Waals surface area contributed by atoms with Crippen molar-refractivity contribution in [3.63, 3.8) is 0 Å². The highest BCUT2D eigenvalue weighted by Crippen LogP contribution is 2.28. The molecule has 1 heterocycles. The minimum Gasteiger partial charge on any atom is -0.271 e. The van der Waals surface area contributed by atoms with Crippen molar-refractivity contribution in [2.75, 3.05) is 0 Å². The molecule has 0 bridgehead atoms. The van der Waals surface area contributed by atoms with E-state index in [9.17, 15) is 4.79 Å². The van der Waals surface area contributed by atoms with Crippen LogP contribution in [0.4, 0.5) is 0 Å². The molecule has 3 rings (SSSR count). The Morgan fingerprint density at radius 3 is 2.65 bits per heavy atom. The molecule has 3 N–H and O–H groups in total. The zero-order valence-corrected chi connectivity index (χ0v) is 13.1. The van der Waals surface area contributed by atoms with Gasteiger partial charge in [-0.15, -0.1) is 0 Å². The van der Waals surface area contributed by atoms with Crippen LogP contribution in [0.15, 0.2) is 59.7 Å². The molecule has 2 aromatic rings. The maximum Gasteiger partial charge on any atom is 0.258 e. The lowest BCUT2D eigenvalue weighted by atomic mass is 10.0. The molecule has 2 atom stereocenters. The minimum absolute atomic E-state index is 0.00227. The molecule has 0 aliphatic carbocycles. The number of amides is 1. The van der Waals surface area contributed by atoms with Gasteiger partial charge >= 0.3 is 0 Å². The lowest BCUT2D eigenvalue weighted by molar-refractivity contribution is -0.122. The molecule has 2 aromatic carbocycles. The van der Waals surface area contributed by atoms with Gasteiger partial charge in [-0.3, -0.25) is 4.79 Å². The predicted molar refractivity (Wildman–Crippen MR) is 91.0 cm³/mol. The molecule has 1 aliphatic heterocycles. The van der Waals surface area contributed by atoms with Crippen LogP contribution in [0, 0.1) is 0 Å². The molecule has 1 aliphatic rings. The summed E-state index contributed by atoms with van der Waals surface area (Å²) in [4.78, 5) is 12.1. The second-order valence-electron chi connectivity index (χ2n) is 5.30. The third kappa shape index (κ3) is 3.96. The SMILES string of the molecule is O=C(N/N=C/c1ccccc1)C1CC(c2ccccc2Cl)NN1. The predicted octanol–water partition coefficient (Wildman–Crippen LogP) is 2.40. The van der Waals surface area contributed by atoms with Crippen molar-refractivity contribution < 1.29 is 4.79 Å². The van der Waals surface area contributed by atoms with E-state index in [0.29, 0.717) is 11.4 Å². The third-order valence-electron chi connectivity index (χ3n) is 3.69. The van der Waals surface area contributed by atoms with Crippen molar-refractivity contribution in [3.8, 4) is 0 Å². The average Bonchev–Trinajstić information content (AvgIpc) is 3.06. The summed E-state index contributed by atoms with van der Waals surface area (Å²) in [7, 11) is 0. The Morgan fingerprint density at radius 1 is 1.13 bits per heavy atom. The van der Waals surface area contributed by atoms with Crippen LogP contribution in [-0.2, 0) is 4.79 Å². The molecule has 0 radical (unpaired) electrons. The van der Waals surface area contributed by atoms with E-state index in [4.69, 9.17) is 11.6 Å². The standard InChI is InChI=1S/C17H17ClN4O/c18-14-9-5-4-8-13(14)15-10-16(21-20-15)17(23)22-19-11-12-6-2-1-3-7-12/h1-9,11,15-16,20-21H,10H2,(H,22,23)/b19-11+. The normalized spacial score (nSPS) is 20.7. The molecular formula is C17H17ClN4O. The van der Waals surface area contributed by atoms with Crippen LogP contribution in [0.2, 0.25) is 5.02 Å². The number of hydrogen-bond acceptors (Lipinski definition) is 4. The second kappa shape index (κ2) is 7.37. The fourth-order valence-electron chi connectivity index (χ4n) is 2.48. The van der Waals surface area contributed by atoms with E-state index in [0.717, 1.165) is 11.1 Å². The molecule has 0 aromatic heterocycles. The summed E-state index contributed by atoms with van der Waals surface area (Å²) < 4.78 is 0. The van der Waals surface area contributed by atoms with Gasteiger partial charge in [-0.05, 0) is 23.6 Å². The van der Waals surface area contributed by atoms with Gasteiger partial charge in [0.15, 0.2) is 0 Å². The van der Waals surface area contributed by atoms with Gasteiger partial charge in [0.05, 0.1) is 6.21 Å². The quantitative estimate of drug-likeness (QED) is 0.596. The molecule has 118 valence electrons. The van der Waals surface area contributed by atoms with Gasteiger partial charge in [-0.2, -0.15) is 5.10 Å². The molecular weight excluding hydrogens is 312 g/mol. The Morgan fingerprint density at radius 2 is 1.87 bits per heavy atom. The summed E-state index contributed by atoms with van der Waals surface area (Å²) in [6, 6.07) is 16.8. The number of benzene rings is 2. The Balaban J connectivity index is 1.56. The Hall–Kier alpha value is -2.21. The first-order valence-corrected chi connectivity index (χ1v) is 7.75. The van der Waals surface area contributed by atoms with Gasteiger partial charge < -0.3 is 0 Å². The largest absolute Gasteiger partial charge is 0.271 e. The highest BCUT2D eigenvalue weighted by Gasteiger charge is 2.30. The van der Waals surface area contributed by atoms with E-state index in [-0.39, 0.29) is 18.0 Å². The topological polar surface area (TPSA) is 65.5 Å². The van der Waals surface area contributed by atoms with Gasteiger partial charge in [-0.1, -0.05) is 60.1 Å². The average molecular weight is 329 g/mol. The maximum atomic E-state index is 12.1. The summed E-state index contributed by atoms with van der Waals surface area (Å²) in [6.07, 6.45) is 2.22. The van der Waals surface area contributed by atoms with Crippen LogP contribution < -0.4 is 16.3 Å². The number of nitrogens with zero attached hydrogens (tertiary/aromatic N) is 1. The first-order valence-electron chi connectivity index (χ1n) is 7.37. The van der Waals surface area contributed by atoms with Gasteiger partial charge in [-0.25, -0.2) is 16.3 Å². The van der Waals surface area contributed by atoms with Crippen LogP contribution in [0.25, 0.3) is 0 Å². The van der Waals surface area contributed by atoms with Crippen LogP contribution >= 0.6 is 11.6 Å². The highest BCUT2D eigenvalue weighted by molar-refractivity contribution is 6.31. The monoisotopic (exact) mass is 328 g/mol. The smallest absolute Gasteiger partial charge is 0.258 e. The van der Waals surface area contributed by atoms with Crippen LogP contribution in [0.5, 0.6) is 0 Å². The summed E-state index contributed by atoms with van der Waals surface area (Å²) >= 11 is 6.19. The maximum absolute atomic E-state index is 12.1. The zero-order valence-electron chi connectivity index (χ0n) is 12.4. The first-order chi connectivity index (χ1) is 11.2. The van der Waals surface area contributed by atoms with Gasteiger partial charge in [0.25, 0.3) is 5.91 Å². The molecule has 1 saturated heterocycles. The molecule has 6 heteroatoms. The lowest BCUT2D eigenvalue weighted by Gasteiger charge is -2.11. The molecule has 0 saturated carbocycles. The summed E-state index contributed by atoms with van der Waals surface area (Å²) in [5.74, 6) is -0.181. The van der Waals surface area contributed by atoms with Gasteiger partial charge in [0.1, 0.15) is 6.04 Å². The fraction of sp³-hybridized carbons (Fsp3) is 0.176. The van der Waals surface area contributed by atoms with Crippen molar-refractivity contribution in [2.24, 2.45) is 5.10 Å². The minimum atomic E-state index is -0.357. The lowest BCUT2D eigenvalue weighted by Crippen LogP contribution is -2.41. The van der Waals surface area contributed by atoms with Crippen LogP contribution in [-0.4, -0.2) is 18.2 Å². The molecule has 0 spiro atoms. The van der Waals surface area contributed by atoms with Crippen molar-refractivity contribution >= 4 is 23.7 Å².